The van der Waals surface area contributed by atoms with Crippen LogP contribution in [0.25, 0.3) is 0 Å². The topological polar surface area (TPSA) is 63.2 Å². The molecule has 2 N–H and O–H groups in total. The summed E-state index contributed by atoms with van der Waals surface area (Å²) in [5, 5.41) is 6.67. The molecule has 1 amide bonds. The van der Waals surface area contributed by atoms with E-state index in [9.17, 15) is 4.79 Å². The number of nitrogens with zero attached hydrogens (tertiary/aromatic N) is 1. The van der Waals surface area contributed by atoms with Gasteiger partial charge in [-0.05, 0) is 56.1 Å². The quantitative estimate of drug-likeness (QED) is 0.892. The molecule has 1 saturated heterocycles. The van der Waals surface area contributed by atoms with E-state index in [1.807, 2.05) is 25.1 Å². The van der Waals surface area contributed by atoms with Gasteiger partial charge in [0.25, 0.3) is 5.91 Å². The van der Waals surface area contributed by atoms with Crippen molar-refractivity contribution in [1.29, 1.82) is 0 Å². The number of piperidine rings is 1. The minimum Gasteiger partial charge on any atom is -0.378 e. The van der Waals surface area contributed by atoms with Gasteiger partial charge in [-0.25, -0.2) is 0 Å². The van der Waals surface area contributed by atoms with Crippen LogP contribution in [-0.2, 0) is 10.2 Å². The van der Waals surface area contributed by atoms with Crippen LogP contribution in [0.5, 0.6) is 0 Å². The maximum absolute atomic E-state index is 12.8. The molecular formula is C21H25N3O2. The smallest absolute Gasteiger partial charge is 0.253 e. The van der Waals surface area contributed by atoms with E-state index in [0.717, 1.165) is 31.6 Å². The van der Waals surface area contributed by atoms with Crippen LogP contribution in [-0.4, -0.2) is 37.2 Å². The van der Waals surface area contributed by atoms with Gasteiger partial charge < -0.3 is 15.4 Å². The summed E-state index contributed by atoms with van der Waals surface area (Å²) in [6, 6.07) is 12.0. The van der Waals surface area contributed by atoms with Gasteiger partial charge in [0.15, 0.2) is 0 Å². The lowest BCUT2D eigenvalue weighted by Gasteiger charge is -2.40. The number of aryl methyl sites for hydroxylation is 1. The fraction of sp³-hybridized carbons (Fsp3) is 0.429. The van der Waals surface area contributed by atoms with Gasteiger partial charge in [-0.1, -0.05) is 24.3 Å². The molecule has 4 rings (SSSR count). The van der Waals surface area contributed by atoms with E-state index in [2.05, 4.69) is 33.8 Å². The second-order valence-corrected chi connectivity index (χ2v) is 7.29. The molecule has 1 aromatic carbocycles. The molecule has 1 aliphatic heterocycles. The monoisotopic (exact) mass is 351 g/mol. The zero-order valence-corrected chi connectivity index (χ0v) is 15.3. The molecule has 0 radical (unpaired) electrons. The van der Waals surface area contributed by atoms with Crippen molar-refractivity contribution in [2.24, 2.45) is 0 Å². The molecule has 2 heterocycles. The third kappa shape index (κ3) is 2.72. The largest absolute Gasteiger partial charge is 0.378 e. The maximum atomic E-state index is 12.8. The third-order valence-corrected chi connectivity index (χ3v) is 5.89. The van der Waals surface area contributed by atoms with Crippen molar-refractivity contribution in [3.05, 3.63) is 65.0 Å². The highest BCUT2D eigenvalue weighted by molar-refractivity contribution is 5.94. The first-order valence-corrected chi connectivity index (χ1v) is 9.22. The Morgan fingerprint density at radius 3 is 2.69 bits per heavy atom. The highest BCUT2D eigenvalue weighted by Gasteiger charge is 2.53. The minimum atomic E-state index is -0.150. The molecule has 0 bridgehead atoms. The second kappa shape index (κ2) is 6.82. The number of pyridine rings is 1. The summed E-state index contributed by atoms with van der Waals surface area (Å²) >= 11 is 0. The number of hydrogen-bond donors (Lipinski definition) is 2. The summed E-state index contributed by atoms with van der Waals surface area (Å²) in [4.78, 5) is 17.1. The fourth-order valence-electron chi connectivity index (χ4n) is 4.63. The highest BCUT2D eigenvalue weighted by atomic mass is 16.5. The average molecular weight is 351 g/mol. The Balaban J connectivity index is 1.69. The third-order valence-electron chi connectivity index (χ3n) is 5.89. The van der Waals surface area contributed by atoms with E-state index in [1.54, 1.807) is 13.3 Å². The van der Waals surface area contributed by atoms with Crippen molar-refractivity contribution >= 4 is 5.91 Å². The van der Waals surface area contributed by atoms with Crippen LogP contribution < -0.4 is 10.6 Å². The van der Waals surface area contributed by atoms with Gasteiger partial charge >= 0.3 is 0 Å². The lowest BCUT2D eigenvalue weighted by Crippen LogP contribution is -2.49. The Kier molecular flexibility index (Phi) is 4.51. The zero-order valence-electron chi connectivity index (χ0n) is 15.3. The first-order valence-electron chi connectivity index (χ1n) is 9.22. The number of nitrogens with one attached hydrogen (secondary N) is 2. The number of fused-ring (bicyclic) bond motifs is 2. The van der Waals surface area contributed by atoms with Gasteiger partial charge in [-0.3, -0.25) is 9.78 Å². The first kappa shape index (κ1) is 17.2. The minimum absolute atomic E-state index is 0.0416. The molecule has 1 aliphatic carbocycles. The van der Waals surface area contributed by atoms with Crippen LogP contribution in [0.4, 0.5) is 0 Å². The number of aromatic nitrogens is 1. The van der Waals surface area contributed by atoms with Crippen LogP contribution in [0.2, 0.25) is 0 Å². The first-order chi connectivity index (χ1) is 12.7. The number of hydrogen-bond acceptors (Lipinski definition) is 4. The van der Waals surface area contributed by atoms with Gasteiger partial charge in [0.2, 0.25) is 0 Å². The predicted molar refractivity (Wildman–Crippen MR) is 100 cm³/mol. The molecule has 1 spiro atoms. The standard InChI is InChI=1S/C21H25N3O2/c1-14-7-8-15(13-23-14)20(25)24-18-16-5-3-4-6-17(16)21(19(18)26-2)9-11-22-12-10-21/h3-8,13,18-19,22H,9-12H2,1-2H3,(H,24,25)/t18-,19+/m0/s1. The predicted octanol–water partition coefficient (Wildman–Crippen LogP) is 2.51. The van der Waals surface area contributed by atoms with E-state index in [4.69, 9.17) is 4.74 Å². The number of rotatable bonds is 3. The maximum Gasteiger partial charge on any atom is 0.253 e. The normalized spacial score (nSPS) is 23.6. The molecule has 0 saturated carbocycles. The van der Waals surface area contributed by atoms with Gasteiger partial charge in [0.05, 0.1) is 17.7 Å². The summed E-state index contributed by atoms with van der Waals surface area (Å²) < 4.78 is 6.00. The van der Waals surface area contributed by atoms with Gasteiger partial charge in [0.1, 0.15) is 0 Å². The molecule has 2 atom stereocenters. The number of carbonyl (C=O) groups excluding carboxylic acids is 1. The number of carbonyl (C=O) groups is 1. The summed E-state index contributed by atoms with van der Waals surface area (Å²) in [6.45, 7) is 3.85. The summed E-state index contributed by atoms with van der Waals surface area (Å²) in [5.74, 6) is -0.106. The van der Waals surface area contributed by atoms with Gasteiger partial charge in [-0.15, -0.1) is 0 Å². The van der Waals surface area contributed by atoms with Crippen LogP contribution in [0, 0.1) is 6.92 Å². The summed E-state index contributed by atoms with van der Waals surface area (Å²) in [7, 11) is 1.76. The highest BCUT2D eigenvalue weighted by Crippen LogP contribution is 2.51. The molecule has 1 aromatic heterocycles. The van der Waals surface area contributed by atoms with E-state index in [1.165, 1.54) is 11.1 Å². The van der Waals surface area contributed by atoms with Crippen molar-refractivity contribution in [2.45, 2.75) is 37.3 Å². The molecule has 5 nitrogen and oxygen atoms in total. The molecular weight excluding hydrogens is 326 g/mol. The Morgan fingerprint density at radius 2 is 2.00 bits per heavy atom. The van der Waals surface area contributed by atoms with Crippen molar-refractivity contribution in [3.8, 4) is 0 Å². The number of ether oxygens (including phenoxy) is 1. The molecule has 0 unspecified atom stereocenters. The Labute approximate surface area is 154 Å². The molecule has 26 heavy (non-hydrogen) atoms. The molecule has 2 aromatic rings. The van der Waals surface area contributed by atoms with E-state index >= 15 is 0 Å². The van der Waals surface area contributed by atoms with Crippen molar-refractivity contribution in [1.82, 2.24) is 15.6 Å². The van der Waals surface area contributed by atoms with Crippen LogP contribution in [0.15, 0.2) is 42.6 Å². The van der Waals surface area contributed by atoms with Gasteiger partial charge in [0, 0.05) is 24.4 Å². The van der Waals surface area contributed by atoms with Gasteiger partial charge in [-0.2, -0.15) is 0 Å². The van der Waals surface area contributed by atoms with Crippen molar-refractivity contribution in [2.75, 3.05) is 20.2 Å². The lowest BCUT2D eigenvalue weighted by molar-refractivity contribution is 0.00396. The Bertz CT molecular complexity index is 797. The van der Waals surface area contributed by atoms with E-state index in [0.29, 0.717) is 5.56 Å². The molecule has 1 fully saturated rings. The zero-order chi connectivity index (χ0) is 18.1. The number of amides is 1. The summed E-state index contributed by atoms with van der Waals surface area (Å²) in [6.07, 6.45) is 3.60. The lowest BCUT2D eigenvalue weighted by atomic mass is 9.72. The second-order valence-electron chi connectivity index (χ2n) is 7.29. The Morgan fingerprint density at radius 1 is 1.23 bits per heavy atom. The molecule has 136 valence electrons. The van der Waals surface area contributed by atoms with Crippen LogP contribution in [0.1, 0.15) is 46.1 Å². The molecule has 2 aliphatic rings. The fourth-order valence-corrected chi connectivity index (χ4v) is 4.63. The summed E-state index contributed by atoms with van der Waals surface area (Å²) in [5.41, 5.74) is 3.93. The van der Waals surface area contributed by atoms with Crippen molar-refractivity contribution in [3.63, 3.8) is 0 Å². The van der Waals surface area contributed by atoms with Crippen LogP contribution in [0.3, 0.4) is 0 Å². The Hall–Kier alpha value is -2.24. The average Bonchev–Trinajstić information content (AvgIpc) is 2.92. The SMILES string of the molecule is CO[C@@H]1[C@@H](NC(=O)c2ccc(C)nc2)c2ccccc2C12CCNCC2. The number of benzene rings is 1. The molecule has 5 heteroatoms. The van der Waals surface area contributed by atoms with E-state index in [-0.39, 0.29) is 23.5 Å². The van der Waals surface area contributed by atoms with E-state index < -0.39 is 0 Å². The number of methoxy groups -OCH3 is 1. The van der Waals surface area contributed by atoms with Crippen LogP contribution >= 0.6 is 0 Å². The van der Waals surface area contributed by atoms with Crippen molar-refractivity contribution < 1.29 is 9.53 Å².